The Kier molecular flexibility index (Phi) is 9.39. The molecule has 1 aromatic rings. The van der Waals surface area contributed by atoms with Gasteiger partial charge in [0, 0.05) is 11.6 Å². The first-order chi connectivity index (χ1) is 13.0. The van der Waals surface area contributed by atoms with Crippen LogP contribution in [0.25, 0.3) is 0 Å². The zero-order valence-corrected chi connectivity index (χ0v) is 18.9. The Balaban J connectivity index is 3.12. The molecule has 0 aliphatic rings. The van der Waals surface area contributed by atoms with Crippen LogP contribution >= 0.6 is 15.9 Å². The van der Waals surface area contributed by atoms with Gasteiger partial charge >= 0.3 is 6.09 Å². The molecule has 0 aliphatic carbocycles. The molecule has 0 bridgehead atoms. The molecule has 1 N–H and O–H groups in total. The van der Waals surface area contributed by atoms with Gasteiger partial charge in [0.25, 0.3) is 0 Å². The molecule has 0 saturated heterocycles. The fourth-order valence-corrected chi connectivity index (χ4v) is 2.74. The van der Waals surface area contributed by atoms with Crippen LogP contribution in [0.5, 0.6) is 5.75 Å². The minimum atomic E-state index is -0.872. The van der Waals surface area contributed by atoms with E-state index in [0.29, 0.717) is 17.7 Å². The highest BCUT2D eigenvalue weighted by molar-refractivity contribution is 9.10. The Morgan fingerprint density at radius 1 is 1.29 bits per heavy atom. The largest absolute Gasteiger partial charge is 0.485 e. The third-order valence-electron chi connectivity index (χ3n) is 4.06. The van der Waals surface area contributed by atoms with E-state index in [1.807, 2.05) is 13.8 Å². The molecule has 1 rings (SSSR count). The lowest BCUT2D eigenvalue weighted by atomic mass is 9.93. The number of carbonyl (C=O) groups excluding carboxylic acids is 2. The summed E-state index contributed by atoms with van der Waals surface area (Å²) in [4.78, 5) is 23.8. The second-order valence-electron chi connectivity index (χ2n) is 7.54. The Morgan fingerprint density at radius 2 is 1.96 bits per heavy atom. The minimum absolute atomic E-state index is 0.0722. The second kappa shape index (κ2) is 10.8. The van der Waals surface area contributed by atoms with E-state index in [1.165, 1.54) is 7.11 Å². The summed E-state index contributed by atoms with van der Waals surface area (Å²) in [7, 11) is 1.52. The predicted molar refractivity (Wildman–Crippen MR) is 110 cm³/mol. The van der Waals surface area contributed by atoms with Crippen molar-refractivity contribution in [3.8, 4) is 5.75 Å². The molecule has 1 amide bonds. The second-order valence-corrected chi connectivity index (χ2v) is 8.46. The molecule has 158 valence electrons. The van der Waals surface area contributed by atoms with Crippen LogP contribution in [0, 0.1) is 0 Å². The van der Waals surface area contributed by atoms with Crippen LogP contribution in [-0.4, -0.2) is 50.1 Å². The molecular weight excluding hydrogens is 430 g/mol. The number of methoxy groups -OCH3 is 1. The summed E-state index contributed by atoms with van der Waals surface area (Å²) in [5.41, 5.74) is -1.10. The van der Waals surface area contributed by atoms with Gasteiger partial charge in [0.1, 0.15) is 23.7 Å². The third-order valence-corrected chi connectivity index (χ3v) is 4.55. The summed E-state index contributed by atoms with van der Waals surface area (Å²) >= 11 is 3.39. The maximum Gasteiger partial charge on any atom is 0.408 e. The zero-order valence-electron chi connectivity index (χ0n) is 17.3. The first kappa shape index (κ1) is 24.4. The van der Waals surface area contributed by atoms with E-state index in [9.17, 15) is 9.59 Å². The molecule has 1 aromatic carbocycles. The highest BCUT2D eigenvalue weighted by Crippen LogP contribution is 2.30. The lowest BCUT2D eigenvalue weighted by Gasteiger charge is -2.38. The number of aldehydes is 1. The topological polar surface area (TPSA) is 83.1 Å². The highest BCUT2D eigenvalue weighted by Gasteiger charge is 2.38. The molecule has 0 unspecified atom stereocenters. The summed E-state index contributed by atoms with van der Waals surface area (Å²) in [5.74, 6) is 0.413. The van der Waals surface area contributed by atoms with Crippen molar-refractivity contribution in [3.05, 3.63) is 28.2 Å². The predicted octanol–water partition coefficient (Wildman–Crippen LogP) is 4.32. The number of carbonyl (C=O) groups is 2. The van der Waals surface area contributed by atoms with Crippen molar-refractivity contribution in [2.24, 2.45) is 0 Å². The van der Waals surface area contributed by atoms with Gasteiger partial charge in [0.15, 0.2) is 6.29 Å². The van der Waals surface area contributed by atoms with E-state index in [0.717, 1.165) is 10.8 Å². The maximum absolute atomic E-state index is 12.4. The van der Waals surface area contributed by atoms with Gasteiger partial charge in [0.2, 0.25) is 0 Å². The lowest BCUT2D eigenvalue weighted by Crippen LogP contribution is -2.57. The fraction of sp³-hybridized carbons (Fsp3) is 0.600. The van der Waals surface area contributed by atoms with Gasteiger partial charge in [-0.2, -0.15) is 0 Å². The molecule has 2 atom stereocenters. The average Bonchev–Trinajstić information content (AvgIpc) is 2.59. The van der Waals surface area contributed by atoms with Crippen molar-refractivity contribution in [1.82, 2.24) is 5.32 Å². The van der Waals surface area contributed by atoms with Crippen molar-refractivity contribution in [2.75, 3.05) is 20.5 Å². The number of halogens is 1. The van der Waals surface area contributed by atoms with Crippen LogP contribution in [0.2, 0.25) is 0 Å². The van der Waals surface area contributed by atoms with Gasteiger partial charge < -0.3 is 24.3 Å². The van der Waals surface area contributed by atoms with Gasteiger partial charge in [0.05, 0.1) is 18.2 Å². The van der Waals surface area contributed by atoms with E-state index >= 15 is 0 Å². The third kappa shape index (κ3) is 7.77. The van der Waals surface area contributed by atoms with Crippen molar-refractivity contribution < 1.29 is 28.5 Å². The highest BCUT2D eigenvalue weighted by atomic mass is 79.9. The smallest absolute Gasteiger partial charge is 0.408 e. The lowest BCUT2D eigenvalue weighted by molar-refractivity contribution is -0.0667. The SMILES string of the molecule is CC[C@@](C)(Oc1cc(Br)ccc1C=O)[C@@H](COCOC)NC(=O)OC(C)(C)C. The van der Waals surface area contributed by atoms with Gasteiger partial charge in [-0.15, -0.1) is 0 Å². The molecule has 8 heteroatoms. The molecule has 0 heterocycles. The van der Waals surface area contributed by atoms with Crippen molar-refractivity contribution in [3.63, 3.8) is 0 Å². The monoisotopic (exact) mass is 459 g/mol. The zero-order chi connectivity index (χ0) is 21.4. The van der Waals surface area contributed by atoms with Crippen molar-refractivity contribution in [1.29, 1.82) is 0 Å². The van der Waals surface area contributed by atoms with Crippen molar-refractivity contribution >= 4 is 28.3 Å². The van der Waals surface area contributed by atoms with E-state index in [-0.39, 0.29) is 13.4 Å². The number of benzene rings is 1. The van der Waals surface area contributed by atoms with E-state index in [1.54, 1.807) is 39.0 Å². The Bertz CT molecular complexity index is 661. The van der Waals surface area contributed by atoms with Crippen molar-refractivity contribution in [2.45, 2.75) is 58.3 Å². The van der Waals surface area contributed by atoms with Gasteiger partial charge in [-0.25, -0.2) is 4.79 Å². The first-order valence-electron chi connectivity index (χ1n) is 9.04. The number of alkyl carbamates (subject to hydrolysis) is 1. The van der Waals surface area contributed by atoms with E-state index in [4.69, 9.17) is 18.9 Å². The summed E-state index contributed by atoms with van der Waals surface area (Å²) in [5, 5.41) is 2.83. The van der Waals surface area contributed by atoms with Crippen LogP contribution in [-0.2, 0) is 14.2 Å². The molecule has 0 fully saturated rings. The number of nitrogens with one attached hydrogen (secondary N) is 1. The Morgan fingerprint density at radius 3 is 2.50 bits per heavy atom. The molecule has 0 radical (unpaired) electrons. The minimum Gasteiger partial charge on any atom is -0.485 e. The number of hydrogen-bond donors (Lipinski definition) is 1. The summed E-state index contributed by atoms with van der Waals surface area (Å²) < 4.78 is 22.8. The first-order valence-corrected chi connectivity index (χ1v) is 9.84. The number of rotatable bonds is 10. The van der Waals surface area contributed by atoms with Crippen LogP contribution in [0.3, 0.4) is 0 Å². The molecular formula is C20H30BrNO6. The molecule has 7 nitrogen and oxygen atoms in total. The van der Waals surface area contributed by atoms with E-state index < -0.39 is 23.3 Å². The van der Waals surface area contributed by atoms with Crippen LogP contribution in [0.4, 0.5) is 4.79 Å². The molecule has 0 spiro atoms. The fourth-order valence-electron chi connectivity index (χ4n) is 2.40. The molecule has 28 heavy (non-hydrogen) atoms. The van der Waals surface area contributed by atoms with Gasteiger partial charge in [-0.1, -0.05) is 22.9 Å². The van der Waals surface area contributed by atoms with Crippen LogP contribution in [0.15, 0.2) is 22.7 Å². The molecule has 0 saturated carbocycles. The standard InChI is InChI=1S/C20H30BrNO6/c1-7-20(5,27-16-10-15(21)9-8-14(16)11-23)17(12-26-13-25-6)22-18(24)28-19(2,3)4/h8-11,17H,7,12-13H2,1-6H3,(H,22,24)/t17-,20-/m1/s1. The van der Waals surface area contributed by atoms with Gasteiger partial charge in [-0.05, 0) is 52.3 Å². The quantitative estimate of drug-likeness (QED) is 0.318. The van der Waals surface area contributed by atoms with Gasteiger partial charge in [-0.3, -0.25) is 4.79 Å². The molecule has 0 aliphatic heterocycles. The maximum atomic E-state index is 12.4. The number of amides is 1. The van der Waals surface area contributed by atoms with Crippen LogP contribution in [0.1, 0.15) is 51.4 Å². The Hall–Kier alpha value is -1.64. The normalized spacial score (nSPS) is 14.7. The molecule has 0 aromatic heterocycles. The summed E-state index contributed by atoms with van der Waals surface area (Å²) in [6.45, 7) is 9.35. The van der Waals surface area contributed by atoms with E-state index in [2.05, 4.69) is 21.2 Å². The summed E-state index contributed by atoms with van der Waals surface area (Å²) in [6, 6.07) is 4.59. The average molecular weight is 460 g/mol. The number of ether oxygens (including phenoxy) is 4. The summed E-state index contributed by atoms with van der Waals surface area (Å²) in [6.07, 6.45) is 0.691. The Labute approximate surface area is 175 Å². The number of hydrogen-bond acceptors (Lipinski definition) is 6. The van der Waals surface area contributed by atoms with Crippen LogP contribution < -0.4 is 10.1 Å².